The van der Waals surface area contributed by atoms with Crippen LogP contribution in [0.5, 0.6) is 5.75 Å². The van der Waals surface area contributed by atoms with Crippen LogP contribution in [0, 0.1) is 11.6 Å². The Morgan fingerprint density at radius 3 is 2.00 bits per heavy atom. The highest BCUT2D eigenvalue weighted by molar-refractivity contribution is 5.30. The lowest BCUT2D eigenvalue weighted by atomic mass is 10.0. The van der Waals surface area contributed by atoms with Gasteiger partial charge in [0, 0.05) is 38.3 Å². The Kier molecular flexibility index (Phi) is 4.30. The molecule has 0 atom stereocenters. The van der Waals surface area contributed by atoms with Crippen molar-refractivity contribution in [2.45, 2.75) is 32.9 Å². The molecule has 20 heavy (non-hydrogen) atoms. The Balaban J connectivity index is 1.96. The predicted octanol–water partition coefficient (Wildman–Crippen LogP) is 2.59. The molecule has 0 spiro atoms. The summed E-state index contributed by atoms with van der Waals surface area (Å²) in [6, 6.07) is 2.41. The van der Waals surface area contributed by atoms with Gasteiger partial charge in [0.25, 0.3) is 0 Å². The van der Waals surface area contributed by atoms with Crippen molar-refractivity contribution in [2.24, 2.45) is 0 Å². The SMILES string of the molecule is CC(C)(C)N1CCN(Cc2cc(F)c(O)c(F)c2)CC1. The molecule has 0 radical (unpaired) electrons. The summed E-state index contributed by atoms with van der Waals surface area (Å²) >= 11 is 0. The number of benzene rings is 1. The average molecular weight is 284 g/mol. The van der Waals surface area contributed by atoms with Gasteiger partial charge in [-0.25, -0.2) is 8.78 Å². The molecule has 1 aliphatic rings. The van der Waals surface area contributed by atoms with E-state index in [-0.39, 0.29) is 5.54 Å². The van der Waals surface area contributed by atoms with E-state index in [0.717, 1.165) is 26.2 Å². The Hall–Kier alpha value is -1.20. The fourth-order valence-electron chi connectivity index (χ4n) is 2.54. The molecule has 1 fully saturated rings. The Bertz CT molecular complexity index is 454. The quantitative estimate of drug-likeness (QED) is 0.904. The number of hydrogen-bond donors (Lipinski definition) is 1. The van der Waals surface area contributed by atoms with Crippen LogP contribution in [-0.4, -0.2) is 46.6 Å². The Labute approximate surface area is 118 Å². The molecule has 1 aliphatic heterocycles. The predicted molar refractivity (Wildman–Crippen MR) is 74.6 cm³/mol. The standard InChI is InChI=1S/C15H22F2N2O/c1-15(2,3)19-6-4-18(5-7-19)10-11-8-12(16)14(20)13(17)9-11/h8-9,20H,4-7,10H2,1-3H3. The zero-order valence-corrected chi connectivity index (χ0v) is 12.3. The molecule has 0 bridgehead atoms. The minimum Gasteiger partial charge on any atom is -0.503 e. The van der Waals surface area contributed by atoms with E-state index < -0.39 is 17.4 Å². The highest BCUT2D eigenvalue weighted by atomic mass is 19.1. The highest BCUT2D eigenvalue weighted by Gasteiger charge is 2.25. The van der Waals surface area contributed by atoms with Gasteiger partial charge in [0.15, 0.2) is 17.4 Å². The highest BCUT2D eigenvalue weighted by Crippen LogP contribution is 2.23. The molecule has 112 valence electrons. The maximum atomic E-state index is 13.3. The summed E-state index contributed by atoms with van der Waals surface area (Å²) in [5.74, 6) is -2.69. The zero-order valence-electron chi connectivity index (χ0n) is 12.3. The molecular formula is C15H22F2N2O. The van der Waals surface area contributed by atoms with Crippen LogP contribution in [0.25, 0.3) is 0 Å². The second-order valence-electron chi connectivity index (χ2n) is 6.34. The van der Waals surface area contributed by atoms with Crippen molar-refractivity contribution >= 4 is 0 Å². The number of aromatic hydroxyl groups is 1. The molecule has 1 aromatic carbocycles. The lowest BCUT2D eigenvalue weighted by Gasteiger charge is -2.42. The van der Waals surface area contributed by atoms with Crippen LogP contribution in [0.4, 0.5) is 8.78 Å². The van der Waals surface area contributed by atoms with E-state index >= 15 is 0 Å². The van der Waals surface area contributed by atoms with E-state index in [9.17, 15) is 8.78 Å². The van der Waals surface area contributed by atoms with Crippen LogP contribution < -0.4 is 0 Å². The van der Waals surface area contributed by atoms with E-state index in [1.165, 1.54) is 12.1 Å². The van der Waals surface area contributed by atoms with Crippen molar-refractivity contribution in [1.29, 1.82) is 0 Å². The normalized spacial score (nSPS) is 18.4. The van der Waals surface area contributed by atoms with Gasteiger partial charge in [-0.2, -0.15) is 0 Å². The van der Waals surface area contributed by atoms with Gasteiger partial charge in [-0.05, 0) is 38.5 Å². The van der Waals surface area contributed by atoms with Gasteiger partial charge in [-0.1, -0.05) is 0 Å². The molecule has 0 amide bonds. The van der Waals surface area contributed by atoms with Crippen LogP contribution in [0.1, 0.15) is 26.3 Å². The first-order valence-corrected chi connectivity index (χ1v) is 6.91. The number of phenolic OH excluding ortho intramolecular Hbond substituents is 1. The van der Waals surface area contributed by atoms with Gasteiger partial charge in [0.05, 0.1) is 0 Å². The number of piperazine rings is 1. The topological polar surface area (TPSA) is 26.7 Å². The van der Waals surface area contributed by atoms with E-state index in [2.05, 4.69) is 30.6 Å². The molecule has 5 heteroatoms. The van der Waals surface area contributed by atoms with Crippen LogP contribution in [0.2, 0.25) is 0 Å². The first kappa shape index (κ1) is 15.2. The van der Waals surface area contributed by atoms with Gasteiger partial charge in [0.1, 0.15) is 0 Å². The van der Waals surface area contributed by atoms with E-state index in [4.69, 9.17) is 5.11 Å². The molecule has 0 saturated carbocycles. The van der Waals surface area contributed by atoms with Gasteiger partial charge >= 0.3 is 0 Å². The van der Waals surface area contributed by atoms with Gasteiger partial charge in [-0.15, -0.1) is 0 Å². The van der Waals surface area contributed by atoms with Crippen LogP contribution >= 0.6 is 0 Å². The van der Waals surface area contributed by atoms with Crippen molar-refractivity contribution in [3.63, 3.8) is 0 Å². The van der Waals surface area contributed by atoms with Crippen molar-refractivity contribution in [3.8, 4) is 5.75 Å². The smallest absolute Gasteiger partial charge is 0.187 e. The fourth-order valence-corrected chi connectivity index (χ4v) is 2.54. The largest absolute Gasteiger partial charge is 0.503 e. The van der Waals surface area contributed by atoms with Crippen LogP contribution in [-0.2, 0) is 6.54 Å². The molecule has 0 aromatic heterocycles. The second kappa shape index (κ2) is 5.66. The zero-order chi connectivity index (χ0) is 14.9. The van der Waals surface area contributed by atoms with E-state index in [1.54, 1.807) is 0 Å². The summed E-state index contributed by atoms with van der Waals surface area (Å²) in [7, 11) is 0. The molecule has 0 aliphatic carbocycles. The molecule has 2 rings (SSSR count). The number of halogens is 2. The number of hydrogen-bond acceptors (Lipinski definition) is 3. The first-order chi connectivity index (χ1) is 9.27. The molecule has 0 unspecified atom stereocenters. The molecule has 1 N–H and O–H groups in total. The van der Waals surface area contributed by atoms with Crippen molar-refractivity contribution in [1.82, 2.24) is 9.80 Å². The fraction of sp³-hybridized carbons (Fsp3) is 0.600. The maximum Gasteiger partial charge on any atom is 0.187 e. The minimum atomic E-state index is -0.897. The van der Waals surface area contributed by atoms with E-state index in [1.807, 2.05) is 0 Å². The van der Waals surface area contributed by atoms with Crippen molar-refractivity contribution in [2.75, 3.05) is 26.2 Å². The van der Waals surface area contributed by atoms with Crippen molar-refractivity contribution in [3.05, 3.63) is 29.3 Å². The minimum absolute atomic E-state index is 0.156. The summed E-state index contributed by atoms with van der Waals surface area (Å²) in [5, 5.41) is 9.09. The molecule has 1 heterocycles. The number of rotatable bonds is 2. The third kappa shape index (κ3) is 3.46. The monoisotopic (exact) mass is 284 g/mol. The van der Waals surface area contributed by atoms with E-state index in [0.29, 0.717) is 12.1 Å². The molecular weight excluding hydrogens is 262 g/mol. The molecule has 3 nitrogen and oxygen atoms in total. The third-order valence-corrected chi connectivity index (χ3v) is 3.80. The summed E-state index contributed by atoms with van der Waals surface area (Å²) in [6.45, 7) is 10.7. The van der Waals surface area contributed by atoms with Gasteiger partial charge < -0.3 is 5.11 Å². The lowest BCUT2D eigenvalue weighted by Crippen LogP contribution is -2.53. The van der Waals surface area contributed by atoms with Crippen molar-refractivity contribution < 1.29 is 13.9 Å². The van der Waals surface area contributed by atoms with Gasteiger partial charge in [0.2, 0.25) is 0 Å². The summed E-state index contributed by atoms with van der Waals surface area (Å²) in [6.07, 6.45) is 0. The summed E-state index contributed by atoms with van der Waals surface area (Å²) in [5.41, 5.74) is 0.713. The molecule has 1 aromatic rings. The maximum absolute atomic E-state index is 13.3. The third-order valence-electron chi connectivity index (χ3n) is 3.80. The Morgan fingerprint density at radius 2 is 1.55 bits per heavy atom. The molecule has 1 saturated heterocycles. The number of nitrogens with zero attached hydrogens (tertiary/aromatic N) is 2. The Morgan fingerprint density at radius 1 is 1.05 bits per heavy atom. The van der Waals surface area contributed by atoms with Crippen LogP contribution in [0.15, 0.2) is 12.1 Å². The lowest BCUT2D eigenvalue weighted by molar-refractivity contribution is 0.0590. The number of phenols is 1. The summed E-state index contributed by atoms with van der Waals surface area (Å²) in [4.78, 5) is 4.58. The average Bonchev–Trinajstić information content (AvgIpc) is 2.35. The summed E-state index contributed by atoms with van der Waals surface area (Å²) < 4.78 is 26.6. The van der Waals surface area contributed by atoms with Crippen LogP contribution in [0.3, 0.4) is 0 Å². The van der Waals surface area contributed by atoms with Gasteiger partial charge in [-0.3, -0.25) is 9.80 Å². The first-order valence-electron chi connectivity index (χ1n) is 6.91. The second-order valence-corrected chi connectivity index (χ2v) is 6.34.